The standard InChI is InChI=1S/C19H26N2O4.C17H30N2O5.2C17H30N2O4.2C16H28N2O5.7CH4/c1-13(2)20-18(23)16-10-7-11-21(16)19(24)15(12-17(22)25-3)14-8-5-4-6-9-14;1-11(2)18-15(21)13-8-7-9-19(13)16(22)12(10-14(20)23-5)17(3,4)24-6;2*1-6-12(4)13(10-15(20)23-5)17(22)19-9-7-8-14(19)16(21)18-11(2)3;2*1-10(2)17-15(20)13-7-6-8-18(13)16(21)12(11(3)22-4)9-14(19)23-5;;;;;;;/h4-6,8-9,13,15-16H,7,10-12H2,1-3H3,(H,20,23);11-13H,7-10H2,1-6H3,(H,18,21);2*11-14H,6-10H2,1-5H3,(H,18,21);2*10-13H,6-9H2,1-5H3,(H,17,20);7*1H4/t15-,16-;12-,13+;12-,13+,14+;12-,13-,14-;11-,12+,13+;11-,12-,13-;;;;;;;/m011010......./s1. The smallest absolute Gasteiger partial charge is 0.306 e. The Balaban J connectivity index is -0.000000405. The Morgan fingerprint density at radius 1 is 0.291 bits per heavy atom. The SMILES string of the molecule is C.C.C.C.C.C.C.CC[C@@H](C)[C@H](CC(=O)OC)C(=O)N1CCC[C@H]1C(=O)NC(C)C.CC[C@H](C)[C@H](CC(=O)OC)C(=O)N1CCC[C@H]1C(=O)NC(C)C.COC(=O)C[C@H](C(=O)N1CCC[C@H]1C(=O)NC(C)C)C(C)(C)OC.COC(=O)C[C@H](C(=O)N1CCC[C@H]1C(=O)NC(C)C)[C@@H](C)OC.COC(=O)C[C@H](C(=O)N1CCC[C@H]1C(=O)NC(C)C)[C@H](C)OC.COC(=O)C[C@H](C(=O)N1CCC[C@H]1C(=O)NC(C)C)c1ccccc1. The lowest BCUT2D eigenvalue weighted by Gasteiger charge is -2.36. The minimum absolute atomic E-state index is 0. The van der Waals surface area contributed by atoms with Crippen molar-refractivity contribution in [2.75, 3.05) is 103 Å². The molecule has 858 valence electrons. The number of ether oxygens (including phenoxy) is 9. The topological polar surface area (TPSA) is 482 Å². The van der Waals surface area contributed by atoms with Crippen LogP contribution in [0.2, 0.25) is 0 Å². The van der Waals surface area contributed by atoms with Crippen molar-refractivity contribution in [3.63, 3.8) is 0 Å². The van der Waals surface area contributed by atoms with Gasteiger partial charge in [0.15, 0.2) is 0 Å². The van der Waals surface area contributed by atoms with Crippen LogP contribution < -0.4 is 31.9 Å². The maximum atomic E-state index is 13.1. The van der Waals surface area contributed by atoms with Crippen LogP contribution in [0.3, 0.4) is 0 Å². The van der Waals surface area contributed by atoms with Crippen LogP contribution in [-0.2, 0) is 129 Å². The molecular formula is C109H200N12O27. The summed E-state index contributed by atoms with van der Waals surface area (Å²) in [5.41, 5.74) is -0.0831. The highest BCUT2D eigenvalue weighted by Gasteiger charge is 2.48. The Morgan fingerprint density at radius 3 is 0.703 bits per heavy atom. The second-order valence-electron chi connectivity index (χ2n) is 39.2. The third-order valence-electron chi connectivity index (χ3n) is 26.2. The van der Waals surface area contributed by atoms with Gasteiger partial charge < -0.3 is 104 Å². The zero-order valence-electron chi connectivity index (χ0n) is 89.7. The van der Waals surface area contributed by atoms with Gasteiger partial charge in [0.05, 0.1) is 135 Å². The molecule has 1 aromatic rings. The van der Waals surface area contributed by atoms with Gasteiger partial charge in [-0.1, -0.05) is 123 Å². The first-order valence-corrected chi connectivity index (χ1v) is 50.0. The first-order chi connectivity index (χ1) is 66.3. The number of carbonyl (C=O) groups is 18. The molecule has 12 amide bonds. The number of nitrogens with one attached hydrogen (secondary N) is 6. The maximum Gasteiger partial charge on any atom is 0.306 e. The molecule has 148 heavy (non-hydrogen) atoms. The largest absolute Gasteiger partial charge is 0.469 e. The summed E-state index contributed by atoms with van der Waals surface area (Å²) in [6, 6.07) is 6.56. The summed E-state index contributed by atoms with van der Waals surface area (Å²) in [4.78, 5) is 231. The van der Waals surface area contributed by atoms with Crippen molar-refractivity contribution < 1.29 is 129 Å². The zero-order valence-corrected chi connectivity index (χ0v) is 89.7. The molecule has 0 aliphatic carbocycles. The Kier molecular flexibility index (Phi) is 75.4. The Hall–Kier alpha value is -10.4. The first-order valence-electron chi connectivity index (χ1n) is 50.0. The summed E-state index contributed by atoms with van der Waals surface area (Å²) < 4.78 is 44.2. The lowest BCUT2D eigenvalue weighted by Crippen LogP contribution is -2.53. The molecule has 0 radical (unpaired) electrons. The van der Waals surface area contributed by atoms with E-state index < -0.39 is 113 Å². The molecule has 39 heteroatoms. The summed E-state index contributed by atoms with van der Waals surface area (Å²) >= 11 is 0. The number of likely N-dealkylation sites (tertiary alicyclic amines) is 6. The molecule has 1 aromatic carbocycles. The van der Waals surface area contributed by atoms with Gasteiger partial charge in [0.1, 0.15) is 36.3 Å². The predicted octanol–water partition coefficient (Wildman–Crippen LogP) is 12.3. The normalized spacial score (nSPS) is 18.8. The number of rotatable bonds is 41. The molecule has 0 spiro atoms. The summed E-state index contributed by atoms with van der Waals surface area (Å²) in [6.45, 7) is 40.8. The highest BCUT2D eigenvalue weighted by atomic mass is 16.5. The predicted molar refractivity (Wildman–Crippen MR) is 575 cm³/mol. The van der Waals surface area contributed by atoms with Gasteiger partial charge in [-0.05, 0) is 205 Å². The van der Waals surface area contributed by atoms with Crippen LogP contribution in [-0.4, -0.2) is 330 Å². The summed E-state index contributed by atoms with van der Waals surface area (Å²) in [5, 5.41) is 17.2. The molecule has 6 fully saturated rings. The van der Waals surface area contributed by atoms with E-state index in [-0.39, 0.29) is 221 Å². The van der Waals surface area contributed by atoms with Gasteiger partial charge in [-0.2, -0.15) is 0 Å². The van der Waals surface area contributed by atoms with Crippen molar-refractivity contribution in [2.45, 2.75) is 415 Å². The second-order valence-corrected chi connectivity index (χ2v) is 39.2. The number of benzene rings is 1. The van der Waals surface area contributed by atoms with Gasteiger partial charge in [-0.25, -0.2) is 0 Å². The van der Waals surface area contributed by atoms with E-state index in [1.807, 2.05) is 141 Å². The van der Waals surface area contributed by atoms with Crippen molar-refractivity contribution in [2.24, 2.45) is 41.4 Å². The van der Waals surface area contributed by atoms with Crippen molar-refractivity contribution >= 4 is 107 Å². The molecule has 6 aliphatic rings. The van der Waals surface area contributed by atoms with Gasteiger partial charge in [0.25, 0.3) is 0 Å². The van der Waals surface area contributed by atoms with Crippen LogP contribution in [0.1, 0.15) is 330 Å². The van der Waals surface area contributed by atoms with Crippen molar-refractivity contribution in [3.05, 3.63) is 35.9 Å². The quantitative estimate of drug-likeness (QED) is 0.0262. The molecule has 0 aromatic heterocycles. The van der Waals surface area contributed by atoms with E-state index in [1.54, 1.807) is 57.1 Å². The van der Waals surface area contributed by atoms with Crippen LogP contribution in [0.15, 0.2) is 30.3 Å². The highest BCUT2D eigenvalue weighted by molar-refractivity contribution is 5.97. The molecular weight excluding hydrogens is 1910 g/mol. The Bertz CT molecular complexity index is 3850. The Labute approximate surface area is 888 Å². The van der Waals surface area contributed by atoms with Crippen LogP contribution in [0, 0.1) is 41.4 Å². The number of amides is 12. The summed E-state index contributed by atoms with van der Waals surface area (Å²) in [6.07, 6.45) is 9.24. The molecule has 6 saturated heterocycles. The minimum atomic E-state index is -0.840. The molecule has 6 heterocycles. The molecule has 7 rings (SSSR count). The summed E-state index contributed by atoms with van der Waals surface area (Å²) in [5.74, 6) is -7.88. The van der Waals surface area contributed by atoms with Crippen molar-refractivity contribution in [3.8, 4) is 0 Å². The highest BCUT2D eigenvalue weighted by Crippen LogP contribution is 2.35. The average Bonchev–Trinajstić information content (AvgIpc) is 1.59. The lowest BCUT2D eigenvalue weighted by molar-refractivity contribution is -0.157. The van der Waals surface area contributed by atoms with E-state index >= 15 is 0 Å². The summed E-state index contributed by atoms with van der Waals surface area (Å²) in [7, 11) is 12.3. The molecule has 6 aliphatic heterocycles. The fourth-order valence-corrected chi connectivity index (χ4v) is 17.6. The number of esters is 6. The van der Waals surface area contributed by atoms with E-state index in [2.05, 4.69) is 41.4 Å². The van der Waals surface area contributed by atoms with Gasteiger partial charge in [-0.15, -0.1) is 0 Å². The number of nitrogens with zero attached hydrogens (tertiary/aromatic N) is 6. The van der Waals surface area contributed by atoms with Gasteiger partial charge in [0, 0.05) is 96.8 Å². The monoisotopic (exact) mass is 2110 g/mol. The lowest BCUT2D eigenvalue weighted by atomic mass is 9.86. The van der Waals surface area contributed by atoms with E-state index in [0.29, 0.717) is 77.8 Å². The maximum absolute atomic E-state index is 13.1. The van der Waals surface area contributed by atoms with E-state index in [9.17, 15) is 86.3 Å². The fraction of sp³-hybridized carbons (Fsp3) is 0.780. The van der Waals surface area contributed by atoms with Gasteiger partial charge in [0.2, 0.25) is 70.9 Å². The third kappa shape index (κ3) is 47.8. The van der Waals surface area contributed by atoms with Crippen LogP contribution >= 0.6 is 0 Å². The molecule has 39 nitrogen and oxygen atoms in total. The van der Waals surface area contributed by atoms with Crippen molar-refractivity contribution in [1.29, 1.82) is 0 Å². The third-order valence-corrected chi connectivity index (χ3v) is 26.2. The molecule has 16 atom stereocenters. The fourth-order valence-electron chi connectivity index (χ4n) is 17.6. The number of methoxy groups -OCH3 is 9. The second kappa shape index (κ2) is 75.3. The number of hydrogen-bond donors (Lipinski definition) is 6. The molecule has 0 saturated carbocycles. The molecule has 0 unspecified atom stereocenters. The van der Waals surface area contributed by atoms with E-state index in [0.717, 1.165) is 56.9 Å². The number of carbonyl (C=O) groups excluding carboxylic acids is 18. The Morgan fingerprint density at radius 2 is 0.493 bits per heavy atom. The molecule has 6 N–H and O–H groups in total. The van der Waals surface area contributed by atoms with E-state index in [4.69, 9.17) is 33.2 Å². The van der Waals surface area contributed by atoms with Gasteiger partial charge in [-0.3, -0.25) is 86.3 Å². The van der Waals surface area contributed by atoms with Crippen LogP contribution in [0.4, 0.5) is 0 Å². The van der Waals surface area contributed by atoms with Crippen LogP contribution in [0.25, 0.3) is 0 Å². The minimum Gasteiger partial charge on any atom is -0.469 e. The van der Waals surface area contributed by atoms with Crippen molar-refractivity contribution in [1.82, 2.24) is 61.3 Å². The zero-order chi connectivity index (χ0) is 107. The number of hydrogen-bond acceptors (Lipinski definition) is 27. The van der Waals surface area contributed by atoms with Crippen LogP contribution in [0.5, 0.6) is 0 Å². The molecule has 0 bridgehead atoms. The average molecular weight is 2110 g/mol. The van der Waals surface area contributed by atoms with Gasteiger partial charge >= 0.3 is 35.8 Å². The first kappa shape index (κ1) is 148. The van der Waals surface area contributed by atoms with E-state index in [1.165, 1.54) is 64.0 Å².